The van der Waals surface area contributed by atoms with Gasteiger partial charge in [-0.1, -0.05) is 25.0 Å². The monoisotopic (exact) mass is 365 g/mol. The van der Waals surface area contributed by atoms with Gasteiger partial charge in [-0.3, -0.25) is 9.59 Å². The highest BCUT2D eigenvalue weighted by Gasteiger charge is 2.38. The van der Waals surface area contributed by atoms with Gasteiger partial charge in [0.25, 0.3) is 0 Å². The maximum absolute atomic E-state index is 12.6. The molecule has 25 heavy (non-hydrogen) atoms. The highest BCUT2D eigenvalue weighted by molar-refractivity contribution is 5.88. The number of nitrogens with one attached hydrogen (secondary N) is 3. The molecule has 2 fully saturated rings. The fourth-order valence-electron chi connectivity index (χ4n) is 4.01. The first-order chi connectivity index (χ1) is 11.5. The summed E-state index contributed by atoms with van der Waals surface area (Å²) in [5.41, 5.74) is 1.75. The second kappa shape index (κ2) is 8.68. The number of fused-ring (bicyclic) bond motifs is 1. The molecule has 2 aliphatic rings. The van der Waals surface area contributed by atoms with Crippen LogP contribution in [0.4, 0.5) is 5.69 Å². The lowest BCUT2D eigenvalue weighted by Crippen LogP contribution is -2.43. The molecular formula is C19H28ClN3O2. The van der Waals surface area contributed by atoms with Crippen LogP contribution in [-0.4, -0.2) is 23.9 Å². The Bertz CT molecular complexity index is 608. The summed E-state index contributed by atoms with van der Waals surface area (Å²) in [4.78, 5) is 23.8. The van der Waals surface area contributed by atoms with Gasteiger partial charge in [0.1, 0.15) is 0 Å². The predicted molar refractivity (Wildman–Crippen MR) is 102 cm³/mol. The van der Waals surface area contributed by atoms with Crippen LogP contribution in [0.2, 0.25) is 0 Å². The molecule has 6 heteroatoms. The standard InChI is InChI=1S/C19H27N3O2.ClH/c1-12(14-7-5-8-16(10-14)21-13(2)23)20-19(24)18-11-15-6-3-4-9-17(15)22-18;/h5,7-8,10,12,15,17-18,22H,3-4,6,9,11H2,1-2H3,(H,20,24)(H,21,23);1H. The fraction of sp³-hybridized carbons (Fsp3) is 0.579. The maximum Gasteiger partial charge on any atom is 0.237 e. The van der Waals surface area contributed by atoms with Crippen molar-refractivity contribution in [3.63, 3.8) is 0 Å². The molecule has 1 saturated heterocycles. The molecule has 1 saturated carbocycles. The van der Waals surface area contributed by atoms with Crippen LogP contribution in [-0.2, 0) is 9.59 Å². The van der Waals surface area contributed by atoms with Crippen molar-refractivity contribution in [1.82, 2.24) is 10.6 Å². The number of rotatable bonds is 4. The van der Waals surface area contributed by atoms with Gasteiger partial charge < -0.3 is 16.0 Å². The van der Waals surface area contributed by atoms with E-state index in [2.05, 4.69) is 16.0 Å². The smallest absolute Gasteiger partial charge is 0.237 e. The Labute approximate surface area is 155 Å². The van der Waals surface area contributed by atoms with Gasteiger partial charge in [-0.25, -0.2) is 0 Å². The first kappa shape index (κ1) is 19.7. The molecule has 138 valence electrons. The van der Waals surface area contributed by atoms with E-state index >= 15 is 0 Å². The van der Waals surface area contributed by atoms with Crippen molar-refractivity contribution >= 4 is 29.9 Å². The number of carbonyl (C=O) groups is 2. The van der Waals surface area contributed by atoms with E-state index in [0.29, 0.717) is 12.0 Å². The third kappa shape index (κ3) is 4.95. The molecule has 1 aromatic carbocycles. The SMILES string of the molecule is CC(=O)Nc1cccc(C(C)NC(=O)C2CC3CCCCC3N2)c1.Cl. The summed E-state index contributed by atoms with van der Waals surface area (Å²) in [7, 11) is 0. The summed E-state index contributed by atoms with van der Waals surface area (Å²) in [5.74, 6) is 0.649. The van der Waals surface area contributed by atoms with E-state index in [4.69, 9.17) is 0 Å². The summed E-state index contributed by atoms with van der Waals surface area (Å²) in [6, 6.07) is 7.99. The van der Waals surface area contributed by atoms with Crippen LogP contribution in [0.3, 0.4) is 0 Å². The molecule has 3 N–H and O–H groups in total. The summed E-state index contributed by atoms with van der Waals surface area (Å²) < 4.78 is 0. The highest BCUT2D eigenvalue weighted by atomic mass is 35.5. The van der Waals surface area contributed by atoms with Crippen LogP contribution < -0.4 is 16.0 Å². The number of anilines is 1. The van der Waals surface area contributed by atoms with E-state index in [1.807, 2.05) is 31.2 Å². The molecule has 0 aromatic heterocycles. The Morgan fingerprint density at radius 1 is 1.24 bits per heavy atom. The van der Waals surface area contributed by atoms with E-state index in [-0.39, 0.29) is 36.3 Å². The van der Waals surface area contributed by atoms with Crippen LogP contribution in [0.1, 0.15) is 57.6 Å². The van der Waals surface area contributed by atoms with Gasteiger partial charge in [-0.05, 0) is 49.8 Å². The number of benzene rings is 1. The van der Waals surface area contributed by atoms with E-state index in [1.165, 1.54) is 32.6 Å². The molecule has 0 bridgehead atoms. The van der Waals surface area contributed by atoms with Crippen molar-refractivity contribution in [2.75, 3.05) is 5.32 Å². The largest absolute Gasteiger partial charge is 0.348 e. The minimum Gasteiger partial charge on any atom is -0.348 e. The summed E-state index contributed by atoms with van der Waals surface area (Å²) in [6.45, 7) is 3.47. The zero-order valence-electron chi connectivity index (χ0n) is 14.9. The van der Waals surface area contributed by atoms with E-state index < -0.39 is 0 Å². The minimum atomic E-state index is -0.0957. The topological polar surface area (TPSA) is 70.2 Å². The molecule has 4 unspecified atom stereocenters. The maximum atomic E-state index is 12.6. The molecule has 0 radical (unpaired) electrons. The molecule has 1 aliphatic heterocycles. The predicted octanol–water partition coefficient (Wildman–Crippen LogP) is 3.16. The number of hydrogen-bond acceptors (Lipinski definition) is 3. The lowest BCUT2D eigenvalue weighted by atomic mass is 9.85. The van der Waals surface area contributed by atoms with Crippen LogP contribution >= 0.6 is 12.4 Å². The lowest BCUT2D eigenvalue weighted by Gasteiger charge is -2.24. The Hall–Kier alpha value is -1.59. The van der Waals surface area contributed by atoms with Crippen LogP contribution in [0, 0.1) is 5.92 Å². The lowest BCUT2D eigenvalue weighted by molar-refractivity contribution is -0.123. The molecule has 5 nitrogen and oxygen atoms in total. The van der Waals surface area contributed by atoms with Crippen LogP contribution in [0.5, 0.6) is 0 Å². The molecule has 1 aliphatic carbocycles. The molecule has 4 atom stereocenters. The van der Waals surface area contributed by atoms with Gasteiger partial charge in [0.15, 0.2) is 0 Å². The molecule has 1 aromatic rings. The Morgan fingerprint density at radius 3 is 2.72 bits per heavy atom. The van der Waals surface area contributed by atoms with Crippen molar-refractivity contribution < 1.29 is 9.59 Å². The average Bonchev–Trinajstić information content (AvgIpc) is 2.98. The Kier molecular flexibility index (Phi) is 6.85. The van der Waals surface area contributed by atoms with Gasteiger partial charge in [-0.15, -0.1) is 12.4 Å². The van der Waals surface area contributed by atoms with Crippen molar-refractivity contribution in [1.29, 1.82) is 0 Å². The number of carbonyl (C=O) groups excluding carboxylic acids is 2. The molecule has 0 spiro atoms. The van der Waals surface area contributed by atoms with Gasteiger partial charge in [0.05, 0.1) is 12.1 Å². The van der Waals surface area contributed by atoms with E-state index in [9.17, 15) is 9.59 Å². The van der Waals surface area contributed by atoms with Crippen molar-refractivity contribution in [2.45, 2.75) is 64.1 Å². The fourth-order valence-corrected chi connectivity index (χ4v) is 4.01. The molecular weight excluding hydrogens is 338 g/mol. The third-order valence-corrected chi connectivity index (χ3v) is 5.25. The van der Waals surface area contributed by atoms with E-state index in [1.54, 1.807) is 0 Å². The number of amides is 2. The summed E-state index contributed by atoms with van der Waals surface area (Å²) in [5, 5.41) is 9.41. The summed E-state index contributed by atoms with van der Waals surface area (Å²) >= 11 is 0. The number of halogens is 1. The second-order valence-corrected chi connectivity index (χ2v) is 7.14. The Balaban J connectivity index is 0.00000225. The second-order valence-electron chi connectivity index (χ2n) is 7.14. The average molecular weight is 366 g/mol. The third-order valence-electron chi connectivity index (χ3n) is 5.25. The molecule has 3 rings (SSSR count). The minimum absolute atomic E-state index is 0. The van der Waals surface area contributed by atoms with Gasteiger partial charge in [-0.2, -0.15) is 0 Å². The van der Waals surface area contributed by atoms with Crippen molar-refractivity contribution in [3.8, 4) is 0 Å². The highest BCUT2D eigenvalue weighted by Crippen LogP contribution is 2.33. The van der Waals surface area contributed by atoms with Gasteiger partial charge >= 0.3 is 0 Å². The Morgan fingerprint density at radius 2 is 2.00 bits per heavy atom. The number of hydrogen-bond donors (Lipinski definition) is 3. The summed E-state index contributed by atoms with van der Waals surface area (Å²) in [6.07, 6.45) is 5.96. The van der Waals surface area contributed by atoms with Crippen molar-refractivity contribution in [3.05, 3.63) is 29.8 Å². The van der Waals surface area contributed by atoms with Crippen molar-refractivity contribution in [2.24, 2.45) is 5.92 Å². The normalized spacial score (nSPS) is 26.1. The molecule has 2 amide bonds. The van der Waals surface area contributed by atoms with Crippen LogP contribution in [0.15, 0.2) is 24.3 Å². The zero-order chi connectivity index (χ0) is 17.1. The van der Waals surface area contributed by atoms with Gasteiger partial charge in [0, 0.05) is 18.7 Å². The quantitative estimate of drug-likeness (QED) is 0.767. The van der Waals surface area contributed by atoms with Crippen LogP contribution in [0.25, 0.3) is 0 Å². The first-order valence-electron chi connectivity index (χ1n) is 8.97. The van der Waals surface area contributed by atoms with Gasteiger partial charge in [0.2, 0.25) is 11.8 Å². The zero-order valence-corrected chi connectivity index (χ0v) is 15.7. The first-order valence-corrected chi connectivity index (χ1v) is 8.97. The van der Waals surface area contributed by atoms with E-state index in [0.717, 1.165) is 17.7 Å². The molecule has 1 heterocycles.